The van der Waals surface area contributed by atoms with Gasteiger partial charge in [0, 0.05) is 44.3 Å². The third kappa shape index (κ3) is 5.53. The molecule has 0 spiro atoms. The third-order valence-electron chi connectivity index (χ3n) is 5.25. The fourth-order valence-corrected chi connectivity index (χ4v) is 4.29. The largest absolute Gasteiger partial charge is 0.465 e. The van der Waals surface area contributed by atoms with Crippen LogP contribution in [0, 0.1) is 0 Å². The Morgan fingerprint density at radius 2 is 1.64 bits per heavy atom. The standard InChI is InChI=1S/C23H23N5O4S/c1-32-22(31)19-8-7-18(33-19)21(30)26-17-5-3-16(4-6-17)15-20(29)27-11-13-28(14-12-27)23-24-9-2-10-25-23/h2-10H,11-15H2,1H3,(H,26,30). The smallest absolute Gasteiger partial charge is 0.348 e. The van der Waals surface area contributed by atoms with Crippen molar-refractivity contribution in [1.29, 1.82) is 0 Å². The van der Waals surface area contributed by atoms with Crippen LogP contribution in [0.1, 0.15) is 24.9 Å². The van der Waals surface area contributed by atoms with Crippen molar-refractivity contribution in [1.82, 2.24) is 14.9 Å². The molecule has 9 nitrogen and oxygen atoms in total. The van der Waals surface area contributed by atoms with Crippen molar-refractivity contribution in [2.24, 2.45) is 0 Å². The van der Waals surface area contributed by atoms with Crippen molar-refractivity contribution >= 4 is 40.8 Å². The van der Waals surface area contributed by atoms with Crippen LogP contribution < -0.4 is 10.2 Å². The molecule has 33 heavy (non-hydrogen) atoms. The van der Waals surface area contributed by atoms with E-state index in [9.17, 15) is 14.4 Å². The molecule has 3 heterocycles. The zero-order chi connectivity index (χ0) is 23.2. The quantitative estimate of drug-likeness (QED) is 0.558. The lowest BCUT2D eigenvalue weighted by Crippen LogP contribution is -2.49. The summed E-state index contributed by atoms with van der Waals surface area (Å²) < 4.78 is 4.66. The molecule has 1 aliphatic rings. The molecule has 3 aromatic rings. The van der Waals surface area contributed by atoms with Gasteiger partial charge in [-0.1, -0.05) is 12.1 Å². The van der Waals surface area contributed by atoms with Crippen molar-refractivity contribution in [3.8, 4) is 0 Å². The normalized spacial score (nSPS) is 13.5. The summed E-state index contributed by atoms with van der Waals surface area (Å²) in [6.45, 7) is 2.64. The van der Waals surface area contributed by atoms with Crippen LogP contribution in [0.2, 0.25) is 0 Å². The van der Waals surface area contributed by atoms with E-state index in [1.165, 1.54) is 7.11 Å². The number of carbonyl (C=O) groups excluding carboxylic acids is 3. The van der Waals surface area contributed by atoms with Crippen LogP contribution in [0.25, 0.3) is 0 Å². The second-order valence-electron chi connectivity index (χ2n) is 7.40. The van der Waals surface area contributed by atoms with Crippen molar-refractivity contribution < 1.29 is 19.1 Å². The van der Waals surface area contributed by atoms with E-state index in [4.69, 9.17) is 0 Å². The third-order valence-corrected chi connectivity index (χ3v) is 6.31. The fourth-order valence-electron chi connectivity index (χ4n) is 3.47. The molecular weight excluding hydrogens is 442 g/mol. The highest BCUT2D eigenvalue weighted by atomic mass is 32.1. The summed E-state index contributed by atoms with van der Waals surface area (Å²) in [6.07, 6.45) is 3.72. The molecule has 1 saturated heterocycles. The number of rotatable bonds is 6. The Morgan fingerprint density at radius 3 is 2.30 bits per heavy atom. The predicted molar refractivity (Wildman–Crippen MR) is 125 cm³/mol. The van der Waals surface area contributed by atoms with Crippen LogP contribution in [0.3, 0.4) is 0 Å². The maximum atomic E-state index is 12.7. The number of nitrogens with one attached hydrogen (secondary N) is 1. The first-order valence-corrected chi connectivity index (χ1v) is 11.2. The second kappa shape index (κ2) is 10.2. The molecule has 1 aliphatic heterocycles. The van der Waals surface area contributed by atoms with Crippen molar-refractivity contribution in [3.05, 3.63) is 70.2 Å². The number of methoxy groups -OCH3 is 1. The maximum Gasteiger partial charge on any atom is 0.348 e. The zero-order valence-electron chi connectivity index (χ0n) is 18.1. The SMILES string of the molecule is COC(=O)c1ccc(C(=O)Nc2ccc(CC(=O)N3CCN(c4ncccn4)CC3)cc2)s1. The minimum atomic E-state index is -0.470. The molecule has 2 aromatic heterocycles. The average Bonchev–Trinajstić information content (AvgIpc) is 3.36. The highest BCUT2D eigenvalue weighted by molar-refractivity contribution is 7.16. The second-order valence-corrected chi connectivity index (χ2v) is 8.48. The Bertz CT molecular complexity index is 1130. The first kappa shape index (κ1) is 22.4. The number of anilines is 2. The van der Waals surface area contributed by atoms with Gasteiger partial charge in [-0.25, -0.2) is 14.8 Å². The Labute approximate surface area is 195 Å². The van der Waals surface area contributed by atoms with Gasteiger partial charge in [-0.2, -0.15) is 0 Å². The Morgan fingerprint density at radius 1 is 0.970 bits per heavy atom. The van der Waals surface area contributed by atoms with Crippen LogP contribution in [-0.4, -0.2) is 65.9 Å². The average molecular weight is 466 g/mol. The van der Waals surface area contributed by atoms with E-state index in [1.54, 1.807) is 42.7 Å². The zero-order valence-corrected chi connectivity index (χ0v) is 18.9. The Hall–Kier alpha value is -3.79. The molecule has 0 atom stereocenters. The molecule has 0 saturated carbocycles. The first-order chi connectivity index (χ1) is 16.0. The van der Waals surface area contributed by atoms with Gasteiger partial charge in [-0.3, -0.25) is 9.59 Å². The molecule has 0 radical (unpaired) electrons. The number of piperazine rings is 1. The van der Waals surface area contributed by atoms with E-state index in [2.05, 4.69) is 24.9 Å². The minimum absolute atomic E-state index is 0.0642. The number of carbonyl (C=O) groups is 3. The van der Waals surface area contributed by atoms with Gasteiger partial charge < -0.3 is 19.9 Å². The molecule has 1 N–H and O–H groups in total. The van der Waals surface area contributed by atoms with Gasteiger partial charge in [0.15, 0.2) is 0 Å². The molecule has 1 fully saturated rings. The van der Waals surface area contributed by atoms with E-state index in [0.29, 0.717) is 54.0 Å². The summed E-state index contributed by atoms with van der Waals surface area (Å²) in [5.41, 5.74) is 1.48. The van der Waals surface area contributed by atoms with Crippen LogP contribution in [0.15, 0.2) is 54.9 Å². The van der Waals surface area contributed by atoms with Crippen LogP contribution in [0.4, 0.5) is 11.6 Å². The minimum Gasteiger partial charge on any atom is -0.465 e. The number of aromatic nitrogens is 2. The van der Waals surface area contributed by atoms with Crippen LogP contribution in [0.5, 0.6) is 0 Å². The number of amides is 2. The van der Waals surface area contributed by atoms with Gasteiger partial charge in [-0.15, -0.1) is 11.3 Å². The van der Waals surface area contributed by atoms with Gasteiger partial charge in [-0.05, 0) is 35.9 Å². The monoisotopic (exact) mass is 465 g/mol. The molecule has 0 aliphatic carbocycles. The van der Waals surface area contributed by atoms with Gasteiger partial charge in [0.1, 0.15) is 4.88 Å². The lowest BCUT2D eigenvalue weighted by atomic mass is 10.1. The molecule has 1 aromatic carbocycles. The Kier molecular flexibility index (Phi) is 6.94. The molecule has 0 unspecified atom stereocenters. The number of benzene rings is 1. The van der Waals surface area contributed by atoms with Gasteiger partial charge in [0.25, 0.3) is 5.91 Å². The summed E-state index contributed by atoms with van der Waals surface area (Å²) in [5, 5.41) is 2.80. The lowest BCUT2D eigenvalue weighted by Gasteiger charge is -2.34. The lowest BCUT2D eigenvalue weighted by molar-refractivity contribution is -0.130. The molecular formula is C23H23N5O4S. The van der Waals surface area contributed by atoms with Crippen LogP contribution in [-0.2, 0) is 16.0 Å². The molecule has 2 amide bonds. The van der Waals surface area contributed by atoms with E-state index >= 15 is 0 Å². The molecule has 10 heteroatoms. The van der Waals surface area contributed by atoms with Crippen molar-refractivity contribution in [2.45, 2.75) is 6.42 Å². The summed E-state index contributed by atoms with van der Waals surface area (Å²) in [6, 6.07) is 12.1. The summed E-state index contributed by atoms with van der Waals surface area (Å²) in [4.78, 5) is 49.9. The topological polar surface area (TPSA) is 105 Å². The fraction of sp³-hybridized carbons (Fsp3) is 0.261. The number of hydrogen-bond donors (Lipinski definition) is 1. The van der Waals surface area contributed by atoms with Crippen LogP contribution >= 0.6 is 11.3 Å². The first-order valence-electron chi connectivity index (χ1n) is 10.4. The maximum absolute atomic E-state index is 12.7. The molecule has 170 valence electrons. The van der Waals surface area contributed by atoms with E-state index < -0.39 is 5.97 Å². The summed E-state index contributed by atoms with van der Waals surface area (Å²) in [7, 11) is 1.30. The molecule has 4 rings (SSSR count). The Balaban J connectivity index is 1.28. The number of hydrogen-bond acceptors (Lipinski definition) is 8. The van der Waals surface area contributed by atoms with Gasteiger partial charge in [0.05, 0.1) is 18.4 Å². The number of ether oxygens (including phenoxy) is 1. The summed E-state index contributed by atoms with van der Waals surface area (Å²) >= 11 is 1.07. The predicted octanol–water partition coefficient (Wildman–Crippen LogP) is 2.47. The van der Waals surface area contributed by atoms with E-state index in [0.717, 1.165) is 16.9 Å². The highest BCUT2D eigenvalue weighted by Crippen LogP contribution is 2.20. The number of nitrogens with zero attached hydrogens (tertiary/aromatic N) is 4. The van der Waals surface area contributed by atoms with E-state index in [-0.39, 0.29) is 11.8 Å². The van der Waals surface area contributed by atoms with E-state index in [1.807, 2.05) is 17.0 Å². The highest BCUT2D eigenvalue weighted by Gasteiger charge is 2.22. The molecule has 0 bridgehead atoms. The number of thiophene rings is 1. The summed E-state index contributed by atoms with van der Waals surface area (Å²) in [5.74, 6) is -0.0252. The van der Waals surface area contributed by atoms with Gasteiger partial charge in [0.2, 0.25) is 11.9 Å². The van der Waals surface area contributed by atoms with Crippen molar-refractivity contribution in [3.63, 3.8) is 0 Å². The van der Waals surface area contributed by atoms with Crippen molar-refractivity contribution in [2.75, 3.05) is 43.5 Å². The number of esters is 1. The van der Waals surface area contributed by atoms with Gasteiger partial charge >= 0.3 is 5.97 Å².